The third-order valence-electron chi connectivity index (χ3n) is 5.20. The summed E-state index contributed by atoms with van der Waals surface area (Å²) in [6.07, 6.45) is 4.39. The fourth-order valence-electron chi connectivity index (χ4n) is 3.70. The minimum Gasteiger partial charge on any atom is -0.487 e. The Balaban J connectivity index is 1.90. The molecule has 1 atom stereocenters. The molecule has 2 aromatic rings. The van der Waals surface area contributed by atoms with Gasteiger partial charge in [0.2, 0.25) is 0 Å². The molecule has 0 saturated carbocycles. The van der Waals surface area contributed by atoms with E-state index in [0.29, 0.717) is 0 Å². The molecule has 3 nitrogen and oxygen atoms in total. The van der Waals surface area contributed by atoms with Gasteiger partial charge in [0.05, 0.1) is 0 Å². The van der Waals surface area contributed by atoms with E-state index in [4.69, 9.17) is 13.9 Å². The maximum absolute atomic E-state index is 6.30. The Morgan fingerprint density at radius 3 is 2.73 bits per heavy atom. The Labute approximate surface area is 131 Å². The van der Waals surface area contributed by atoms with Crippen LogP contribution in [0.1, 0.15) is 61.7 Å². The number of aryl methyl sites for hydroxylation is 2. The van der Waals surface area contributed by atoms with Gasteiger partial charge >= 0.3 is 0 Å². The lowest BCUT2D eigenvalue weighted by Crippen LogP contribution is -2.33. The van der Waals surface area contributed by atoms with E-state index in [1.54, 1.807) is 0 Å². The molecule has 4 rings (SSSR count). The van der Waals surface area contributed by atoms with Crippen molar-refractivity contribution in [2.75, 3.05) is 6.61 Å². The van der Waals surface area contributed by atoms with Gasteiger partial charge in [-0.3, -0.25) is 0 Å². The molecule has 118 valence electrons. The molecule has 0 N–H and O–H groups in total. The summed E-state index contributed by atoms with van der Waals surface area (Å²) in [6, 6.07) is 2.19. The van der Waals surface area contributed by atoms with Gasteiger partial charge in [-0.1, -0.05) is 0 Å². The van der Waals surface area contributed by atoms with Gasteiger partial charge in [0.1, 0.15) is 28.8 Å². The van der Waals surface area contributed by atoms with Crippen LogP contribution in [0.4, 0.5) is 0 Å². The fraction of sp³-hybridized carbons (Fsp3) is 0.579. The van der Waals surface area contributed by atoms with Gasteiger partial charge in [-0.2, -0.15) is 0 Å². The highest BCUT2D eigenvalue weighted by molar-refractivity contribution is 5.89. The molecule has 3 heterocycles. The zero-order valence-corrected chi connectivity index (χ0v) is 13.9. The molecule has 1 saturated heterocycles. The summed E-state index contributed by atoms with van der Waals surface area (Å²) < 4.78 is 18.3. The molecular formula is C19H24O3. The normalized spacial score (nSPS) is 23.5. The molecule has 0 spiro atoms. The summed E-state index contributed by atoms with van der Waals surface area (Å²) in [6.45, 7) is 9.45. The first kappa shape index (κ1) is 14.1. The van der Waals surface area contributed by atoms with Crippen molar-refractivity contribution in [3.05, 3.63) is 28.5 Å². The van der Waals surface area contributed by atoms with Crippen LogP contribution < -0.4 is 4.74 Å². The lowest BCUT2D eigenvalue weighted by atomic mass is 9.89. The van der Waals surface area contributed by atoms with Crippen molar-refractivity contribution in [2.24, 2.45) is 0 Å². The van der Waals surface area contributed by atoms with Gasteiger partial charge in [0.15, 0.2) is 0 Å². The number of benzene rings is 1. The summed E-state index contributed by atoms with van der Waals surface area (Å²) in [5.74, 6) is 2.05. The molecule has 0 bridgehead atoms. The Bertz CT molecular complexity index is 733. The van der Waals surface area contributed by atoms with Crippen LogP contribution in [-0.4, -0.2) is 12.2 Å². The lowest BCUT2D eigenvalue weighted by Gasteiger charge is -2.34. The minimum atomic E-state index is -0.0843. The number of furan rings is 1. The number of fused-ring (bicyclic) bond motifs is 3. The summed E-state index contributed by atoms with van der Waals surface area (Å²) in [5, 5.41) is 1.22. The molecule has 2 aliphatic rings. The first-order valence-electron chi connectivity index (χ1n) is 8.32. The number of hydrogen-bond acceptors (Lipinski definition) is 3. The number of ether oxygens (including phenoxy) is 2. The first-order valence-corrected chi connectivity index (χ1v) is 8.32. The number of rotatable bonds is 1. The third kappa shape index (κ3) is 2.06. The summed E-state index contributed by atoms with van der Waals surface area (Å²) in [4.78, 5) is 0. The Kier molecular flexibility index (Phi) is 3.06. The molecule has 3 heteroatoms. The van der Waals surface area contributed by atoms with Crippen LogP contribution in [0.25, 0.3) is 11.0 Å². The predicted octanol–water partition coefficient (Wildman–Crippen LogP) is 5.00. The minimum absolute atomic E-state index is 0.0843. The molecule has 2 aliphatic heterocycles. The Morgan fingerprint density at radius 2 is 2.00 bits per heavy atom. The van der Waals surface area contributed by atoms with Crippen molar-refractivity contribution in [2.45, 2.75) is 65.1 Å². The third-order valence-corrected chi connectivity index (χ3v) is 5.20. The summed E-state index contributed by atoms with van der Waals surface area (Å²) >= 11 is 0. The summed E-state index contributed by atoms with van der Waals surface area (Å²) in [5.41, 5.74) is 4.65. The zero-order valence-electron chi connectivity index (χ0n) is 13.9. The fourth-order valence-corrected chi connectivity index (χ4v) is 3.70. The Hall–Kier alpha value is -1.48. The van der Waals surface area contributed by atoms with Crippen molar-refractivity contribution in [1.29, 1.82) is 0 Å². The molecule has 0 radical (unpaired) electrons. The van der Waals surface area contributed by atoms with Crippen molar-refractivity contribution in [3.63, 3.8) is 0 Å². The maximum Gasteiger partial charge on any atom is 0.138 e. The topological polar surface area (TPSA) is 31.6 Å². The highest BCUT2D eigenvalue weighted by Gasteiger charge is 2.32. The van der Waals surface area contributed by atoms with Crippen LogP contribution in [0, 0.1) is 13.8 Å². The average molecular weight is 300 g/mol. The van der Waals surface area contributed by atoms with E-state index in [1.165, 1.54) is 22.1 Å². The zero-order chi connectivity index (χ0) is 15.5. The highest BCUT2D eigenvalue weighted by atomic mass is 16.5. The van der Waals surface area contributed by atoms with Gasteiger partial charge in [-0.25, -0.2) is 0 Å². The van der Waals surface area contributed by atoms with Crippen LogP contribution in [0.5, 0.6) is 5.75 Å². The quantitative estimate of drug-likeness (QED) is 0.742. The van der Waals surface area contributed by atoms with E-state index in [0.717, 1.165) is 49.4 Å². The van der Waals surface area contributed by atoms with Crippen LogP contribution in [-0.2, 0) is 11.2 Å². The largest absolute Gasteiger partial charge is 0.487 e. The van der Waals surface area contributed by atoms with E-state index >= 15 is 0 Å². The van der Waals surface area contributed by atoms with E-state index in [-0.39, 0.29) is 11.7 Å². The molecule has 1 unspecified atom stereocenters. The van der Waals surface area contributed by atoms with Gasteiger partial charge < -0.3 is 13.9 Å². The predicted molar refractivity (Wildman–Crippen MR) is 86.6 cm³/mol. The molecule has 0 amide bonds. The lowest BCUT2D eigenvalue weighted by molar-refractivity contribution is 0.0842. The average Bonchev–Trinajstić information content (AvgIpc) is 3.12. The molecule has 1 fully saturated rings. The van der Waals surface area contributed by atoms with Gasteiger partial charge in [-0.05, 0) is 70.6 Å². The first-order chi connectivity index (χ1) is 10.5. The van der Waals surface area contributed by atoms with E-state index < -0.39 is 0 Å². The van der Waals surface area contributed by atoms with E-state index in [9.17, 15) is 0 Å². The second-order valence-electron chi connectivity index (χ2n) is 7.31. The number of hydrogen-bond donors (Lipinski definition) is 0. The molecule has 1 aromatic carbocycles. The monoisotopic (exact) mass is 300 g/mol. The van der Waals surface area contributed by atoms with Gasteiger partial charge in [0.25, 0.3) is 0 Å². The van der Waals surface area contributed by atoms with Crippen LogP contribution in [0.15, 0.2) is 10.5 Å². The standard InChI is InChI=1S/C19H24O3/c1-11-12(2)18-13(7-8-19(3,4)22-18)14-10-16(21-17(11)14)15-6-5-9-20-15/h10,15H,5-9H2,1-4H3. The Morgan fingerprint density at radius 1 is 1.18 bits per heavy atom. The molecular weight excluding hydrogens is 276 g/mol. The van der Waals surface area contributed by atoms with E-state index in [1.807, 2.05) is 0 Å². The summed E-state index contributed by atoms with van der Waals surface area (Å²) in [7, 11) is 0. The van der Waals surface area contributed by atoms with Crippen molar-refractivity contribution in [3.8, 4) is 5.75 Å². The maximum atomic E-state index is 6.30. The second-order valence-corrected chi connectivity index (χ2v) is 7.31. The van der Waals surface area contributed by atoms with Gasteiger partial charge in [-0.15, -0.1) is 0 Å². The molecule has 22 heavy (non-hydrogen) atoms. The van der Waals surface area contributed by atoms with Crippen molar-refractivity contribution in [1.82, 2.24) is 0 Å². The van der Waals surface area contributed by atoms with E-state index in [2.05, 4.69) is 33.8 Å². The molecule has 1 aromatic heterocycles. The van der Waals surface area contributed by atoms with Crippen molar-refractivity contribution < 1.29 is 13.9 Å². The van der Waals surface area contributed by atoms with Crippen LogP contribution in [0.3, 0.4) is 0 Å². The van der Waals surface area contributed by atoms with Crippen LogP contribution in [0.2, 0.25) is 0 Å². The SMILES string of the molecule is Cc1c2c(c3cc(C4CCCO4)oc3c1C)CCC(C)(C)O2. The molecule has 0 aliphatic carbocycles. The smallest absolute Gasteiger partial charge is 0.138 e. The van der Waals surface area contributed by atoms with Crippen molar-refractivity contribution >= 4 is 11.0 Å². The second kappa shape index (κ2) is 4.76. The van der Waals surface area contributed by atoms with Gasteiger partial charge in [0, 0.05) is 17.6 Å². The van der Waals surface area contributed by atoms with Crippen LogP contribution >= 0.6 is 0 Å². The highest BCUT2D eigenvalue weighted by Crippen LogP contribution is 2.44.